The maximum atomic E-state index is 13.5. The monoisotopic (exact) mass is 498 g/mol. The van der Waals surface area contributed by atoms with Crippen LogP contribution in [0.25, 0.3) is 0 Å². The molecule has 0 radical (unpaired) electrons. The smallest absolute Gasteiger partial charge is 0.258 e. The van der Waals surface area contributed by atoms with Crippen molar-refractivity contribution in [1.29, 1.82) is 5.26 Å². The zero-order chi connectivity index (χ0) is 26.2. The molecule has 0 atom stereocenters. The number of fused-ring (bicyclic) bond motifs is 1. The van der Waals surface area contributed by atoms with Crippen LogP contribution in [0.1, 0.15) is 43.8 Å². The molecule has 190 valence electrons. The van der Waals surface area contributed by atoms with Crippen LogP contribution in [-0.4, -0.2) is 39.1 Å². The zero-order valence-electron chi connectivity index (χ0n) is 21.0. The Hall–Kier alpha value is -4.35. The normalized spacial score (nSPS) is 12.1. The van der Waals surface area contributed by atoms with Crippen molar-refractivity contribution in [3.63, 3.8) is 0 Å². The van der Waals surface area contributed by atoms with E-state index in [1.165, 1.54) is 25.3 Å². The molecule has 1 aliphatic heterocycles. The minimum Gasteiger partial charge on any atom is -0.493 e. The van der Waals surface area contributed by atoms with Crippen LogP contribution in [-0.2, 0) is 19.5 Å². The van der Waals surface area contributed by atoms with E-state index in [0.717, 1.165) is 30.8 Å². The quantitative estimate of drug-likeness (QED) is 0.465. The van der Waals surface area contributed by atoms with E-state index in [1.807, 2.05) is 18.2 Å². The molecule has 0 saturated carbocycles. The summed E-state index contributed by atoms with van der Waals surface area (Å²) in [6, 6.07) is 20.3. The average Bonchev–Trinajstić information content (AvgIpc) is 2.95. The largest absolute Gasteiger partial charge is 0.493 e. The van der Waals surface area contributed by atoms with Gasteiger partial charge in [0.1, 0.15) is 0 Å². The predicted octanol–water partition coefficient (Wildman–Crippen LogP) is 3.84. The number of anilines is 1. The number of methoxy groups -OCH3 is 2. The van der Waals surface area contributed by atoms with Crippen molar-refractivity contribution >= 4 is 17.5 Å². The highest BCUT2D eigenvalue weighted by molar-refractivity contribution is 6.06. The Kier molecular flexibility index (Phi) is 8.39. The van der Waals surface area contributed by atoms with Gasteiger partial charge in [0.25, 0.3) is 11.8 Å². The summed E-state index contributed by atoms with van der Waals surface area (Å²) in [6.07, 6.45) is 1.18. The standard InChI is InChI=1S/C29H30N4O4/c1-36-26-10-8-22(17-27(26)37-2)28(34)32-18-20-5-3-6-23(15-20)29(35)33(14-4-12-30)25-9-7-21-11-13-31-19-24(21)16-25/h3,5-10,15-17,31H,4,11,13-14,18-19H2,1-2H3,(H,32,34). The molecule has 0 aromatic heterocycles. The number of nitriles is 1. The van der Waals surface area contributed by atoms with Crippen molar-refractivity contribution in [1.82, 2.24) is 10.6 Å². The van der Waals surface area contributed by atoms with Crippen LogP contribution in [0.3, 0.4) is 0 Å². The van der Waals surface area contributed by atoms with Crippen molar-refractivity contribution in [2.75, 3.05) is 32.2 Å². The van der Waals surface area contributed by atoms with Gasteiger partial charge in [0.15, 0.2) is 11.5 Å². The van der Waals surface area contributed by atoms with Gasteiger partial charge in [-0.3, -0.25) is 9.59 Å². The van der Waals surface area contributed by atoms with Crippen molar-refractivity contribution in [3.05, 3.63) is 88.5 Å². The number of rotatable bonds is 9. The maximum Gasteiger partial charge on any atom is 0.258 e. The highest BCUT2D eigenvalue weighted by Gasteiger charge is 2.20. The summed E-state index contributed by atoms with van der Waals surface area (Å²) in [6.45, 7) is 2.25. The van der Waals surface area contributed by atoms with E-state index in [-0.39, 0.29) is 24.8 Å². The van der Waals surface area contributed by atoms with Gasteiger partial charge in [0.05, 0.1) is 26.7 Å². The first-order valence-electron chi connectivity index (χ1n) is 12.1. The number of nitrogens with zero attached hydrogens (tertiary/aromatic N) is 2. The molecule has 0 fully saturated rings. The molecule has 0 aliphatic carbocycles. The van der Waals surface area contributed by atoms with Crippen LogP contribution >= 0.6 is 0 Å². The van der Waals surface area contributed by atoms with Gasteiger partial charge in [-0.2, -0.15) is 5.26 Å². The lowest BCUT2D eigenvalue weighted by molar-refractivity contribution is 0.0949. The highest BCUT2D eigenvalue weighted by Crippen LogP contribution is 2.28. The number of nitrogens with one attached hydrogen (secondary N) is 2. The molecule has 37 heavy (non-hydrogen) atoms. The number of hydrogen-bond donors (Lipinski definition) is 2. The molecule has 2 amide bonds. The molecular weight excluding hydrogens is 468 g/mol. The molecule has 3 aromatic carbocycles. The van der Waals surface area contributed by atoms with Crippen LogP contribution in [0, 0.1) is 11.3 Å². The van der Waals surface area contributed by atoms with Crippen LogP contribution in [0.5, 0.6) is 11.5 Å². The number of hydrogen-bond acceptors (Lipinski definition) is 6. The SMILES string of the molecule is COc1ccc(C(=O)NCc2cccc(C(=O)N(CCC#N)c3ccc4c(c3)CNCC4)c2)cc1OC. The van der Waals surface area contributed by atoms with Gasteiger partial charge in [0, 0.05) is 36.4 Å². The lowest BCUT2D eigenvalue weighted by Crippen LogP contribution is -2.32. The van der Waals surface area contributed by atoms with Gasteiger partial charge < -0.3 is 25.0 Å². The van der Waals surface area contributed by atoms with Crippen molar-refractivity contribution in [2.24, 2.45) is 0 Å². The van der Waals surface area contributed by atoms with E-state index in [4.69, 9.17) is 9.47 Å². The third-order valence-corrected chi connectivity index (χ3v) is 6.35. The Bertz CT molecular complexity index is 1330. The van der Waals surface area contributed by atoms with Crippen LogP contribution in [0.15, 0.2) is 60.7 Å². The van der Waals surface area contributed by atoms with Gasteiger partial charge in [-0.25, -0.2) is 0 Å². The second kappa shape index (κ2) is 12.1. The van der Waals surface area contributed by atoms with Gasteiger partial charge in [0.2, 0.25) is 0 Å². The Morgan fingerprint density at radius 2 is 1.84 bits per heavy atom. The molecule has 1 aliphatic rings. The second-order valence-electron chi connectivity index (χ2n) is 8.70. The number of carbonyl (C=O) groups excluding carboxylic acids is 2. The summed E-state index contributed by atoms with van der Waals surface area (Å²) in [5, 5.41) is 15.4. The molecule has 0 unspecified atom stereocenters. The Morgan fingerprint density at radius 1 is 1.00 bits per heavy atom. The topological polar surface area (TPSA) is 104 Å². The summed E-state index contributed by atoms with van der Waals surface area (Å²) in [5.74, 6) is 0.558. The lowest BCUT2D eigenvalue weighted by Gasteiger charge is -2.25. The van der Waals surface area contributed by atoms with E-state index in [1.54, 1.807) is 41.3 Å². The molecule has 4 rings (SSSR count). The van der Waals surface area contributed by atoms with E-state index in [9.17, 15) is 14.9 Å². The average molecular weight is 499 g/mol. The summed E-state index contributed by atoms with van der Waals surface area (Å²) in [7, 11) is 3.05. The van der Waals surface area contributed by atoms with Crippen LogP contribution in [0.2, 0.25) is 0 Å². The highest BCUT2D eigenvalue weighted by atomic mass is 16.5. The summed E-state index contributed by atoms with van der Waals surface area (Å²) < 4.78 is 10.5. The first kappa shape index (κ1) is 25.7. The summed E-state index contributed by atoms with van der Waals surface area (Å²) >= 11 is 0. The summed E-state index contributed by atoms with van der Waals surface area (Å²) in [5.41, 5.74) is 4.94. The third kappa shape index (κ3) is 6.08. The number of benzene rings is 3. The number of amides is 2. The van der Waals surface area contributed by atoms with Crippen LogP contribution in [0.4, 0.5) is 5.69 Å². The van der Waals surface area contributed by atoms with E-state index in [0.29, 0.717) is 29.2 Å². The molecule has 2 N–H and O–H groups in total. The van der Waals surface area contributed by atoms with Crippen molar-refractivity contribution < 1.29 is 19.1 Å². The fourth-order valence-corrected chi connectivity index (χ4v) is 4.38. The molecule has 3 aromatic rings. The van der Waals surface area contributed by atoms with Gasteiger partial charge in [-0.1, -0.05) is 18.2 Å². The minimum absolute atomic E-state index is 0.188. The minimum atomic E-state index is -0.268. The Labute approximate surface area is 216 Å². The first-order valence-corrected chi connectivity index (χ1v) is 12.1. The molecule has 1 heterocycles. The summed E-state index contributed by atoms with van der Waals surface area (Å²) in [4.78, 5) is 27.9. The molecule has 8 nitrogen and oxygen atoms in total. The third-order valence-electron chi connectivity index (χ3n) is 6.35. The molecule has 8 heteroatoms. The van der Waals surface area contributed by atoms with E-state index >= 15 is 0 Å². The zero-order valence-corrected chi connectivity index (χ0v) is 21.0. The fraction of sp³-hybridized carbons (Fsp3) is 0.276. The fourth-order valence-electron chi connectivity index (χ4n) is 4.38. The Morgan fingerprint density at radius 3 is 2.62 bits per heavy atom. The molecule has 0 spiro atoms. The van der Waals surface area contributed by atoms with Gasteiger partial charge in [-0.15, -0.1) is 0 Å². The number of ether oxygens (including phenoxy) is 2. The van der Waals surface area contributed by atoms with Crippen LogP contribution < -0.4 is 25.0 Å². The first-order chi connectivity index (χ1) is 18.0. The lowest BCUT2D eigenvalue weighted by atomic mass is 10.00. The second-order valence-corrected chi connectivity index (χ2v) is 8.70. The maximum absolute atomic E-state index is 13.5. The van der Waals surface area contributed by atoms with Crippen molar-refractivity contribution in [3.8, 4) is 17.6 Å². The molecule has 0 saturated heterocycles. The van der Waals surface area contributed by atoms with Gasteiger partial charge in [-0.05, 0) is 72.1 Å². The van der Waals surface area contributed by atoms with Gasteiger partial charge >= 0.3 is 0 Å². The van der Waals surface area contributed by atoms with Crippen molar-refractivity contribution in [2.45, 2.75) is 25.9 Å². The molecular formula is C29H30N4O4. The predicted molar refractivity (Wildman–Crippen MR) is 141 cm³/mol. The Balaban J connectivity index is 1.49. The van der Waals surface area contributed by atoms with E-state index < -0.39 is 0 Å². The molecule has 0 bridgehead atoms. The number of carbonyl (C=O) groups is 2. The van der Waals surface area contributed by atoms with E-state index in [2.05, 4.69) is 22.8 Å².